The lowest BCUT2D eigenvalue weighted by atomic mass is 10.1. The van der Waals surface area contributed by atoms with Crippen LogP contribution in [0.2, 0.25) is 0 Å². The first-order valence-electron chi connectivity index (χ1n) is 7.94. The highest BCUT2D eigenvalue weighted by Gasteiger charge is 2.19. The number of aliphatic hydroxyl groups is 1. The van der Waals surface area contributed by atoms with Gasteiger partial charge < -0.3 is 25.1 Å². The van der Waals surface area contributed by atoms with E-state index in [2.05, 4.69) is 6.92 Å². The second-order valence-electron chi connectivity index (χ2n) is 5.51. The number of hydrogen-bond acceptors (Lipinski definition) is 5. The van der Waals surface area contributed by atoms with Crippen molar-refractivity contribution in [1.82, 2.24) is 0 Å². The number of ether oxygens (including phenoxy) is 1. The molecule has 0 bridgehead atoms. The summed E-state index contributed by atoms with van der Waals surface area (Å²) < 4.78 is 5.53. The molecule has 1 aromatic carbocycles. The molecule has 0 radical (unpaired) electrons. The number of unbranched alkanes of at least 4 members (excludes halogenated alkanes) is 1. The molecular weight excluding hydrogens is 298 g/mol. The number of rotatable bonds is 11. The van der Waals surface area contributed by atoms with Gasteiger partial charge in [0.05, 0.1) is 19.6 Å². The van der Waals surface area contributed by atoms with Crippen molar-refractivity contribution in [2.24, 2.45) is 0 Å². The first-order valence-corrected chi connectivity index (χ1v) is 7.94. The fraction of sp³-hybridized carbons (Fsp3) is 0.529. The lowest BCUT2D eigenvalue weighted by Crippen LogP contribution is -2.95. The van der Waals surface area contributed by atoms with Crippen LogP contribution in [-0.2, 0) is 4.79 Å². The van der Waals surface area contributed by atoms with Crippen LogP contribution in [0.25, 0.3) is 0 Å². The molecule has 0 saturated heterocycles. The third-order valence-corrected chi connectivity index (χ3v) is 3.53. The Morgan fingerprint density at radius 3 is 2.48 bits per heavy atom. The van der Waals surface area contributed by atoms with Crippen LogP contribution in [0.15, 0.2) is 24.3 Å². The van der Waals surface area contributed by atoms with E-state index < -0.39 is 18.1 Å². The van der Waals surface area contributed by atoms with Crippen molar-refractivity contribution in [3.8, 4) is 5.75 Å². The maximum atomic E-state index is 12.1. The Bertz CT molecular complexity index is 498. The van der Waals surface area contributed by atoms with E-state index in [1.807, 2.05) is 0 Å². The normalized spacial score (nSPS) is 13.3. The number of aliphatic carboxylic acids is 1. The van der Waals surface area contributed by atoms with E-state index >= 15 is 0 Å². The second-order valence-corrected chi connectivity index (χ2v) is 5.51. The number of Topliss-reactive ketones (excluding diaryl/α,β-unsaturated/α-hetero) is 1. The lowest BCUT2D eigenvalue weighted by molar-refractivity contribution is -0.688. The summed E-state index contributed by atoms with van der Waals surface area (Å²) in [6, 6.07) is 5.86. The molecule has 0 aliphatic carbocycles. The summed E-state index contributed by atoms with van der Waals surface area (Å²) in [5.41, 5.74) is 0.559. The van der Waals surface area contributed by atoms with Crippen molar-refractivity contribution in [1.29, 1.82) is 0 Å². The number of carbonyl (C=O) groups excluding carboxylic acids is 2. The summed E-state index contributed by atoms with van der Waals surface area (Å²) in [6.45, 7) is 4.40. The van der Waals surface area contributed by atoms with E-state index in [1.165, 1.54) is 12.2 Å². The van der Waals surface area contributed by atoms with Crippen LogP contribution in [-0.4, -0.2) is 42.2 Å². The molecule has 0 amide bonds. The van der Waals surface area contributed by atoms with Crippen LogP contribution in [0, 0.1) is 0 Å². The lowest BCUT2D eigenvalue weighted by Gasteiger charge is -2.18. The van der Waals surface area contributed by atoms with Gasteiger partial charge in [-0.15, -0.1) is 0 Å². The molecule has 3 N–H and O–H groups in total. The minimum atomic E-state index is -1.33. The van der Waals surface area contributed by atoms with Crippen LogP contribution in [0.4, 0.5) is 0 Å². The van der Waals surface area contributed by atoms with E-state index in [0.717, 1.165) is 18.6 Å². The van der Waals surface area contributed by atoms with Crippen LogP contribution < -0.4 is 15.2 Å². The summed E-state index contributed by atoms with van der Waals surface area (Å²) >= 11 is 0. The van der Waals surface area contributed by atoms with Crippen LogP contribution >= 0.6 is 0 Å². The molecule has 0 aliphatic rings. The van der Waals surface area contributed by atoms with Crippen molar-refractivity contribution in [2.75, 3.05) is 13.2 Å². The standard InChI is InChI=1S/C17H25NO5/c1-3-4-11-23-14-7-5-13(6-8-14)15(20)9-10-18-16(12(2)19)17(21)22/h5-8,12,16,18-19H,3-4,9-11H2,1-2H3,(H,21,22). The Kier molecular flexibility index (Phi) is 8.29. The number of carbonyl (C=O) groups is 2. The summed E-state index contributed by atoms with van der Waals surface area (Å²) in [5, 5.41) is 21.6. The zero-order valence-electron chi connectivity index (χ0n) is 13.7. The van der Waals surface area contributed by atoms with E-state index in [9.17, 15) is 19.8 Å². The van der Waals surface area contributed by atoms with Gasteiger partial charge >= 0.3 is 0 Å². The van der Waals surface area contributed by atoms with Crippen molar-refractivity contribution < 1.29 is 29.9 Å². The Morgan fingerprint density at radius 2 is 1.96 bits per heavy atom. The number of nitrogens with two attached hydrogens (primary N) is 1. The van der Waals surface area contributed by atoms with Gasteiger partial charge in [-0.05, 0) is 37.6 Å². The Labute approximate surface area is 136 Å². The number of quaternary nitrogens is 1. The Morgan fingerprint density at radius 1 is 1.30 bits per heavy atom. The molecule has 0 saturated carbocycles. The van der Waals surface area contributed by atoms with E-state index in [0.29, 0.717) is 12.2 Å². The smallest absolute Gasteiger partial charge is 0.168 e. The number of aliphatic hydroxyl groups excluding tert-OH is 1. The van der Waals surface area contributed by atoms with Crippen molar-refractivity contribution in [3.63, 3.8) is 0 Å². The van der Waals surface area contributed by atoms with Gasteiger partial charge in [-0.2, -0.15) is 0 Å². The number of carboxylic acids is 1. The van der Waals surface area contributed by atoms with Gasteiger partial charge in [0.2, 0.25) is 0 Å². The maximum absolute atomic E-state index is 12.1. The average Bonchev–Trinajstić information content (AvgIpc) is 2.51. The van der Waals surface area contributed by atoms with Crippen LogP contribution in [0.1, 0.15) is 43.5 Å². The molecule has 6 nitrogen and oxygen atoms in total. The molecular formula is C17H25NO5. The highest BCUT2D eigenvalue weighted by atomic mass is 16.5. The number of carboxylic acid groups (broad SMARTS) is 1. The van der Waals surface area contributed by atoms with Gasteiger partial charge in [0.25, 0.3) is 0 Å². The summed E-state index contributed by atoms with van der Waals surface area (Å²) in [5.74, 6) is -0.683. The molecule has 0 spiro atoms. The molecule has 6 heteroatoms. The van der Waals surface area contributed by atoms with Crippen LogP contribution in [0.5, 0.6) is 5.75 Å². The quantitative estimate of drug-likeness (QED) is 0.422. The molecule has 2 atom stereocenters. The predicted molar refractivity (Wildman–Crippen MR) is 83.1 cm³/mol. The average molecular weight is 323 g/mol. The molecule has 1 aromatic rings. The zero-order chi connectivity index (χ0) is 17.2. The molecule has 0 heterocycles. The fourth-order valence-corrected chi connectivity index (χ4v) is 2.10. The maximum Gasteiger partial charge on any atom is 0.168 e. The number of benzene rings is 1. The molecule has 2 unspecified atom stereocenters. The van der Waals surface area contributed by atoms with Crippen molar-refractivity contribution in [2.45, 2.75) is 45.3 Å². The predicted octanol–water partition coefficient (Wildman–Crippen LogP) is -0.499. The highest BCUT2D eigenvalue weighted by Crippen LogP contribution is 2.13. The monoisotopic (exact) mass is 323 g/mol. The summed E-state index contributed by atoms with van der Waals surface area (Å²) in [4.78, 5) is 22.9. The van der Waals surface area contributed by atoms with E-state index in [-0.39, 0.29) is 18.7 Å². The van der Waals surface area contributed by atoms with E-state index in [4.69, 9.17) is 4.74 Å². The number of hydrogen-bond donors (Lipinski definition) is 2. The van der Waals surface area contributed by atoms with Crippen LogP contribution in [0.3, 0.4) is 0 Å². The van der Waals surface area contributed by atoms with E-state index in [1.54, 1.807) is 24.3 Å². The third-order valence-electron chi connectivity index (χ3n) is 3.53. The molecule has 0 aromatic heterocycles. The van der Waals surface area contributed by atoms with Gasteiger partial charge in [0.15, 0.2) is 11.8 Å². The second kappa shape index (κ2) is 9.97. The van der Waals surface area contributed by atoms with Gasteiger partial charge in [-0.1, -0.05) is 13.3 Å². The SMILES string of the molecule is CCCCOc1ccc(C(=O)CC[NH2+]C(C(=O)[O-])C(C)O)cc1. The summed E-state index contributed by atoms with van der Waals surface area (Å²) in [7, 11) is 0. The fourth-order valence-electron chi connectivity index (χ4n) is 2.10. The minimum Gasteiger partial charge on any atom is -0.544 e. The summed E-state index contributed by atoms with van der Waals surface area (Å²) in [6.07, 6.45) is 1.20. The molecule has 0 aliphatic heterocycles. The topological polar surface area (TPSA) is 103 Å². The highest BCUT2D eigenvalue weighted by molar-refractivity contribution is 5.96. The minimum absolute atomic E-state index is 0.0796. The van der Waals surface area contributed by atoms with Gasteiger partial charge in [-0.25, -0.2) is 0 Å². The Hall–Kier alpha value is -1.92. The van der Waals surface area contributed by atoms with Crippen molar-refractivity contribution >= 4 is 11.8 Å². The van der Waals surface area contributed by atoms with Gasteiger partial charge in [0, 0.05) is 5.56 Å². The Balaban J connectivity index is 2.44. The molecule has 1 rings (SSSR count). The number of ketones is 1. The first-order chi connectivity index (χ1) is 11.0. The molecule has 128 valence electrons. The van der Waals surface area contributed by atoms with Crippen molar-refractivity contribution in [3.05, 3.63) is 29.8 Å². The molecule has 0 fully saturated rings. The third kappa shape index (κ3) is 6.80. The zero-order valence-corrected chi connectivity index (χ0v) is 13.7. The largest absolute Gasteiger partial charge is 0.544 e. The van der Waals surface area contributed by atoms with Gasteiger partial charge in [-0.3, -0.25) is 4.79 Å². The van der Waals surface area contributed by atoms with Gasteiger partial charge in [0.1, 0.15) is 17.8 Å². The molecule has 23 heavy (non-hydrogen) atoms. The first kappa shape index (κ1) is 19.1.